The summed E-state index contributed by atoms with van der Waals surface area (Å²) in [7, 11) is 0. The molecule has 0 N–H and O–H groups in total. The maximum absolute atomic E-state index is 12.5. The minimum absolute atomic E-state index is 0.272. The topological polar surface area (TPSA) is 49.3 Å². The van der Waals surface area contributed by atoms with E-state index >= 15 is 0 Å². The van der Waals surface area contributed by atoms with Crippen molar-refractivity contribution in [2.24, 2.45) is 5.92 Å². The molecule has 2 aromatic rings. The highest BCUT2D eigenvalue weighted by atomic mass is 16.2. The molecule has 0 bridgehead atoms. The average Bonchev–Trinajstić information content (AvgIpc) is 2.74. The van der Waals surface area contributed by atoms with E-state index in [0.29, 0.717) is 18.3 Å². The molecule has 0 saturated carbocycles. The van der Waals surface area contributed by atoms with Crippen molar-refractivity contribution in [3.63, 3.8) is 0 Å². The van der Waals surface area contributed by atoms with Crippen LogP contribution in [0.1, 0.15) is 74.7 Å². The SMILES string of the molecule is CCC(C)c1nc(C)c(Cc2cccc(C)c2)c(N2CCN(C(=O)CC(C)C)CC2)n1. The number of rotatable bonds is 7. The Balaban J connectivity index is 1.88. The normalized spacial score (nSPS) is 15.5. The van der Waals surface area contributed by atoms with Crippen molar-refractivity contribution >= 4 is 11.7 Å². The molecule has 1 atom stereocenters. The number of nitrogens with zero attached hydrogens (tertiary/aromatic N) is 4. The van der Waals surface area contributed by atoms with Gasteiger partial charge in [-0.1, -0.05) is 57.5 Å². The van der Waals surface area contributed by atoms with Gasteiger partial charge >= 0.3 is 0 Å². The summed E-state index contributed by atoms with van der Waals surface area (Å²) in [4.78, 5) is 26.9. The molecule has 1 aromatic carbocycles. The Kier molecular flexibility index (Phi) is 7.69. The molecule has 1 fully saturated rings. The van der Waals surface area contributed by atoms with Crippen molar-refractivity contribution in [2.75, 3.05) is 31.1 Å². The molecule has 2 heterocycles. The molecule has 5 heteroatoms. The van der Waals surface area contributed by atoms with Crippen LogP contribution in [0, 0.1) is 19.8 Å². The van der Waals surface area contributed by atoms with Crippen LogP contribution in [0.2, 0.25) is 0 Å². The Morgan fingerprint density at radius 3 is 2.39 bits per heavy atom. The second-order valence-electron chi connectivity index (χ2n) is 9.41. The highest BCUT2D eigenvalue weighted by molar-refractivity contribution is 5.76. The largest absolute Gasteiger partial charge is 0.353 e. The van der Waals surface area contributed by atoms with Crippen molar-refractivity contribution in [2.45, 2.75) is 66.7 Å². The lowest BCUT2D eigenvalue weighted by Gasteiger charge is -2.37. The Morgan fingerprint density at radius 2 is 1.77 bits per heavy atom. The first-order chi connectivity index (χ1) is 14.8. The van der Waals surface area contributed by atoms with Gasteiger partial charge in [0.05, 0.1) is 0 Å². The Bertz CT molecular complexity index is 900. The number of aromatic nitrogens is 2. The van der Waals surface area contributed by atoms with Crippen molar-refractivity contribution < 1.29 is 4.79 Å². The molecule has 168 valence electrons. The van der Waals surface area contributed by atoms with Crippen LogP contribution in [0.15, 0.2) is 24.3 Å². The molecule has 0 aliphatic carbocycles. The van der Waals surface area contributed by atoms with Crippen molar-refractivity contribution in [1.82, 2.24) is 14.9 Å². The van der Waals surface area contributed by atoms with Crippen LogP contribution in [-0.4, -0.2) is 47.0 Å². The predicted molar refractivity (Wildman–Crippen MR) is 128 cm³/mol. The first-order valence-electron chi connectivity index (χ1n) is 11.7. The van der Waals surface area contributed by atoms with Crippen molar-refractivity contribution in [3.05, 3.63) is 52.5 Å². The highest BCUT2D eigenvalue weighted by Gasteiger charge is 2.26. The van der Waals surface area contributed by atoms with Crippen LogP contribution in [0.25, 0.3) is 0 Å². The fourth-order valence-electron chi connectivity index (χ4n) is 4.15. The van der Waals surface area contributed by atoms with E-state index in [1.54, 1.807) is 0 Å². The molecular formula is C26H38N4O. The van der Waals surface area contributed by atoms with E-state index in [-0.39, 0.29) is 5.91 Å². The summed E-state index contributed by atoms with van der Waals surface area (Å²) in [5, 5.41) is 0. The maximum Gasteiger partial charge on any atom is 0.222 e. The molecule has 5 nitrogen and oxygen atoms in total. The monoisotopic (exact) mass is 422 g/mol. The van der Waals surface area contributed by atoms with Crippen LogP contribution in [0.5, 0.6) is 0 Å². The Labute approximate surface area is 187 Å². The van der Waals surface area contributed by atoms with Gasteiger partial charge in [-0.25, -0.2) is 9.97 Å². The van der Waals surface area contributed by atoms with E-state index in [9.17, 15) is 4.79 Å². The summed E-state index contributed by atoms with van der Waals surface area (Å²) >= 11 is 0. The Hall–Kier alpha value is -2.43. The summed E-state index contributed by atoms with van der Waals surface area (Å²) in [5.74, 6) is 2.99. The van der Waals surface area contributed by atoms with Gasteiger partial charge in [-0.05, 0) is 31.7 Å². The summed E-state index contributed by atoms with van der Waals surface area (Å²) in [6.07, 6.45) is 2.48. The summed E-state index contributed by atoms with van der Waals surface area (Å²) < 4.78 is 0. The van der Waals surface area contributed by atoms with Crippen LogP contribution in [-0.2, 0) is 11.2 Å². The number of anilines is 1. The number of benzene rings is 1. The number of amides is 1. The van der Waals surface area contributed by atoms with Gasteiger partial charge in [-0.3, -0.25) is 4.79 Å². The van der Waals surface area contributed by atoms with Crippen LogP contribution in [0.4, 0.5) is 5.82 Å². The first kappa shape index (κ1) is 23.2. The second kappa shape index (κ2) is 10.3. The molecule has 0 spiro atoms. The van der Waals surface area contributed by atoms with Crippen molar-refractivity contribution in [1.29, 1.82) is 0 Å². The fraction of sp³-hybridized carbons (Fsp3) is 0.577. The third-order valence-electron chi connectivity index (χ3n) is 6.24. The summed E-state index contributed by atoms with van der Waals surface area (Å²) in [6.45, 7) is 16.0. The van der Waals surface area contributed by atoms with Gasteiger partial charge in [0, 0.05) is 56.2 Å². The van der Waals surface area contributed by atoms with E-state index in [1.165, 1.54) is 16.7 Å². The maximum atomic E-state index is 12.5. The minimum Gasteiger partial charge on any atom is -0.353 e. The molecule has 3 rings (SSSR count). The third-order valence-corrected chi connectivity index (χ3v) is 6.24. The number of hydrogen-bond donors (Lipinski definition) is 0. The zero-order chi connectivity index (χ0) is 22.5. The van der Waals surface area contributed by atoms with Crippen molar-refractivity contribution in [3.8, 4) is 0 Å². The number of carbonyl (C=O) groups excluding carboxylic acids is 1. The standard InChI is InChI=1S/C26H38N4O/c1-7-20(5)25-27-21(6)23(17-22-10-8-9-19(4)16-22)26(28-25)30-13-11-29(12-14-30)24(31)15-18(2)3/h8-10,16,18,20H,7,11-15,17H2,1-6H3. The quantitative estimate of drug-likeness (QED) is 0.637. The zero-order valence-electron chi connectivity index (χ0n) is 20.1. The number of hydrogen-bond acceptors (Lipinski definition) is 4. The number of carbonyl (C=O) groups is 1. The van der Waals surface area contributed by atoms with Crippen LogP contribution >= 0.6 is 0 Å². The molecule has 1 amide bonds. The summed E-state index contributed by atoms with van der Waals surface area (Å²) in [6, 6.07) is 8.68. The van der Waals surface area contributed by atoms with Gasteiger partial charge in [0.2, 0.25) is 5.91 Å². The second-order valence-corrected chi connectivity index (χ2v) is 9.41. The van der Waals surface area contributed by atoms with Gasteiger partial charge in [0.1, 0.15) is 11.6 Å². The number of aryl methyl sites for hydroxylation is 2. The molecular weight excluding hydrogens is 384 g/mol. The molecule has 0 radical (unpaired) electrons. The molecule has 1 unspecified atom stereocenters. The average molecular weight is 423 g/mol. The lowest BCUT2D eigenvalue weighted by Crippen LogP contribution is -2.49. The third kappa shape index (κ3) is 5.84. The van der Waals surface area contributed by atoms with Gasteiger partial charge in [0.25, 0.3) is 0 Å². The van der Waals surface area contributed by atoms with Gasteiger partial charge in [-0.15, -0.1) is 0 Å². The molecule has 1 aliphatic rings. The van der Waals surface area contributed by atoms with E-state index in [4.69, 9.17) is 9.97 Å². The van der Waals surface area contributed by atoms with Crippen LogP contribution in [0.3, 0.4) is 0 Å². The fourth-order valence-corrected chi connectivity index (χ4v) is 4.15. The summed E-state index contributed by atoms with van der Waals surface area (Å²) in [5.41, 5.74) is 4.83. The number of piperazine rings is 1. The lowest BCUT2D eigenvalue weighted by molar-refractivity contribution is -0.132. The van der Waals surface area contributed by atoms with Gasteiger partial charge in [0.15, 0.2) is 0 Å². The molecule has 31 heavy (non-hydrogen) atoms. The molecule has 1 aromatic heterocycles. The molecule has 1 saturated heterocycles. The van der Waals surface area contributed by atoms with E-state index in [1.807, 2.05) is 4.90 Å². The zero-order valence-corrected chi connectivity index (χ0v) is 20.1. The highest BCUT2D eigenvalue weighted by Crippen LogP contribution is 2.28. The lowest BCUT2D eigenvalue weighted by atomic mass is 10.0. The van der Waals surface area contributed by atoms with Gasteiger partial charge < -0.3 is 9.80 Å². The van der Waals surface area contributed by atoms with E-state index < -0.39 is 0 Å². The van der Waals surface area contributed by atoms with E-state index in [2.05, 4.69) is 70.7 Å². The van der Waals surface area contributed by atoms with Gasteiger partial charge in [-0.2, -0.15) is 0 Å². The smallest absolute Gasteiger partial charge is 0.222 e. The predicted octanol–water partition coefficient (Wildman–Crippen LogP) is 4.89. The van der Waals surface area contributed by atoms with E-state index in [0.717, 1.165) is 56.4 Å². The van der Waals surface area contributed by atoms with Crippen LogP contribution < -0.4 is 4.90 Å². The minimum atomic E-state index is 0.272. The molecule has 1 aliphatic heterocycles. The Morgan fingerprint density at radius 1 is 1.06 bits per heavy atom. The first-order valence-corrected chi connectivity index (χ1v) is 11.7.